The van der Waals surface area contributed by atoms with Gasteiger partial charge in [0, 0.05) is 47.0 Å². The van der Waals surface area contributed by atoms with Crippen molar-refractivity contribution in [3.8, 4) is 11.4 Å². The Balaban J connectivity index is 1.38. The predicted octanol–water partition coefficient (Wildman–Crippen LogP) is 5.51. The van der Waals surface area contributed by atoms with Crippen molar-refractivity contribution in [2.75, 3.05) is 5.32 Å². The molecule has 5 aromatic rings. The van der Waals surface area contributed by atoms with Crippen molar-refractivity contribution in [3.63, 3.8) is 0 Å². The number of nitrogens with zero attached hydrogens (tertiary/aromatic N) is 3. The molecule has 5 rings (SSSR count). The first-order valence-corrected chi connectivity index (χ1v) is 11.2. The Morgan fingerprint density at radius 3 is 2.82 bits per heavy atom. The van der Waals surface area contributed by atoms with Gasteiger partial charge in [0.25, 0.3) is 5.56 Å². The maximum absolute atomic E-state index is 12.9. The Morgan fingerprint density at radius 1 is 1.12 bits per heavy atom. The Labute approximate surface area is 201 Å². The van der Waals surface area contributed by atoms with Crippen LogP contribution in [0, 0.1) is 0 Å². The summed E-state index contributed by atoms with van der Waals surface area (Å²) in [4.78, 5) is 24.2. The largest absolute Gasteiger partial charge is 0.486 e. The van der Waals surface area contributed by atoms with Gasteiger partial charge in [-0.2, -0.15) is 0 Å². The summed E-state index contributed by atoms with van der Waals surface area (Å²) in [5.74, 6) is 0.491. The minimum absolute atomic E-state index is 0.170. The lowest BCUT2D eigenvalue weighted by molar-refractivity contribution is 0.302. The molecule has 3 aromatic heterocycles. The number of nitrogens with one attached hydrogen (secondary N) is 2. The topological polar surface area (TPSA) is 84.8 Å². The van der Waals surface area contributed by atoms with Crippen molar-refractivity contribution in [1.82, 2.24) is 19.5 Å². The average Bonchev–Trinajstić information content (AvgIpc) is 3.39. The van der Waals surface area contributed by atoms with Gasteiger partial charge in [-0.1, -0.05) is 23.7 Å². The predicted molar refractivity (Wildman–Crippen MR) is 134 cm³/mol. The molecule has 1 atom stereocenters. The van der Waals surface area contributed by atoms with Gasteiger partial charge in [0.1, 0.15) is 12.4 Å². The lowest BCUT2D eigenvalue weighted by Crippen LogP contribution is -2.19. The maximum Gasteiger partial charge on any atom is 0.253 e. The van der Waals surface area contributed by atoms with Crippen LogP contribution < -0.4 is 15.6 Å². The van der Waals surface area contributed by atoms with Gasteiger partial charge in [-0.3, -0.25) is 9.78 Å². The lowest BCUT2D eigenvalue weighted by atomic mass is 10.1. The number of H-pyrrole nitrogens is 1. The number of aromatic amines is 1. The zero-order valence-electron chi connectivity index (χ0n) is 18.4. The van der Waals surface area contributed by atoms with Gasteiger partial charge in [0.05, 0.1) is 28.6 Å². The van der Waals surface area contributed by atoms with E-state index >= 15 is 0 Å². The third kappa shape index (κ3) is 4.65. The molecule has 0 saturated carbocycles. The number of fused-ring (bicyclic) bond motifs is 1. The van der Waals surface area contributed by atoms with Gasteiger partial charge in [0.15, 0.2) is 0 Å². The highest BCUT2D eigenvalue weighted by Crippen LogP contribution is 2.30. The Morgan fingerprint density at radius 2 is 2.03 bits per heavy atom. The molecule has 2 N–H and O–H groups in total. The van der Waals surface area contributed by atoms with E-state index in [-0.39, 0.29) is 18.2 Å². The third-order valence-corrected chi connectivity index (χ3v) is 5.82. The standard InChI is InChI=1S/C26H22ClN5O2/c1-17(30-19-6-4-7-21(13-19)32-10-9-28-16-32)22-11-18-12-23(27)25(14-24(18)31-26(22)33)34-15-20-5-2-3-8-29-20/h2-14,16-17,30H,15H2,1H3,(H,31,33)/t17-/m0/s1. The highest BCUT2D eigenvalue weighted by atomic mass is 35.5. The van der Waals surface area contributed by atoms with Crippen LogP contribution in [0.4, 0.5) is 5.69 Å². The zero-order valence-corrected chi connectivity index (χ0v) is 19.2. The molecule has 0 aliphatic carbocycles. The van der Waals surface area contributed by atoms with E-state index in [9.17, 15) is 4.79 Å². The SMILES string of the molecule is C[C@H](Nc1cccc(-n2ccnc2)c1)c1cc2cc(Cl)c(OCc3ccccn3)cc2[nH]c1=O. The van der Waals surface area contributed by atoms with Gasteiger partial charge >= 0.3 is 0 Å². The number of hydrogen-bond acceptors (Lipinski definition) is 5. The minimum atomic E-state index is -0.231. The van der Waals surface area contributed by atoms with Crippen molar-refractivity contribution < 1.29 is 4.74 Å². The molecule has 0 saturated heterocycles. The number of hydrogen-bond donors (Lipinski definition) is 2. The fourth-order valence-corrected chi connectivity index (χ4v) is 4.01. The molecule has 0 fully saturated rings. The van der Waals surface area contributed by atoms with Gasteiger partial charge < -0.3 is 19.6 Å². The van der Waals surface area contributed by atoms with Crippen LogP contribution >= 0.6 is 11.6 Å². The normalized spacial score (nSPS) is 11.9. The summed E-state index contributed by atoms with van der Waals surface area (Å²) in [5, 5.41) is 4.70. The van der Waals surface area contributed by atoms with Crippen LogP contribution in [0.1, 0.15) is 24.2 Å². The van der Waals surface area contributed by atoms with E-state index in [1.165, 1.54) is 0 Å². The number of benzene rings is 2. The molecule has 170 valence electrons. The molecule has 2 aromatic carbocycles. The number of aromatic nitrogens is 4. The van der Waals surface area contributed by atoms with E-state index in [1.807, 2.05) is 66.2 Å². The van der Waals surface area contributed by atoms with E-state index in [2.05, 4.69) is 20.3 Å². The average molecular weight is 472 g/mol. The molecule has 8 heteroatoms. The second kappa shape index (κ2) is 9.41. The van der Waals surface area contributed by atoms with E-state index < -0.39 is 0 Å². The van der Waals surface area contributed by atoms with Gasteiger partial charge in [0.2, 0.25) is 0 Å². The third-order valence-electron chi connectivity index (χ3n) is 5.53. The summed E-state index contributed by atoms with van der Waals surface area (Å²) in [5.41, 5.74) is 3.76. The van der Waals surface area contributed by atoms with Crippen molar-refractivity contribution in [2.45, 2.75) is 19.6 Å². The summed E-state index contributed by atoms with van der Waals surface area (Å²) in [6, 6.07) is 18.7. The monoisotopic (exact) mass is 471 g/mol. The molecule has 34 heavy (non-hydrogen) atoms. The van der Waals surface area contributed by atoms with Gasteiger partial charge in [-0.25, -0.2) is 4.98 Å². The van der Waals surface area contributed by atoms with E-state index in [4.69, 9.17) is 16.3 Å². The lowest BCUT2D eigenvalue weighted by Gasteiger charge is -2.17. The number of ether oxygens (including phenoxy) is 1. The van der Waals surface area contributed by atoms with E-state index in [1.54, 1.807) is 30.9 Å². The van der Waals surface area contributed by atoms with Crippen LogP contribution in [-0.4, -0.2) is 19.5 Å². The Bertz CT molecular complexity index is 1480. The summed E-state index contributed by atoms with van der Waals surface area (Å²) in [7, 11) is 0. The number of anilines is 1. The summed E-state index contributed by atoms with van der Waals surface area (Å²) >= 11 is 6.48. The molecule has 7 nitrogen and oxygen atoms in total. The first-order valence-electron chi connectivity index (χ1n) is 10.8. The first kappa shape index (κ1) is 21.7. The van der Waals surface area contributed by atoms with Crippen molar-refractivity contribution in [1.29, 1.82) is 0 Å². The number of pyridine rings is 2. The number of halogens is 1. The quantitative estimate of drug-likeness (QED) is 0.326. The van der Waals surface area contributed by atoms with Crippen LogP contribution in [0.15, 0.2) is 90.4 Å². The highest BCUT2D eigenvalue weighted by Gasteiger charge is 2.14. The molecular weight excluding hydrogens is 450 g/mol. The molecule has 0 aliphatic rings. The molecule has 3 heterocycles. The second-order valence-corrected chi connectivity index (χ2v) is 8.33. The minimum Gasteiger partial charge on any atom is -0.486 e. The first-order chi connectivity index (χ1) is 16.6. The summed E-state index contributed by atoms with van der Waals surface area (Å²) in [6.45, 7) is 2.24. The highest BCUT2D eigenvalue weighted by molar-refractivity contribution is 6.32. The molecule has 0 spiro atoms. The van der Waals surface area contributed by atoms with Crippen LogP contribution in [0.3, 0.4) is 0 Å². The Hall–Kier alpha value is -4.10. The smallest absolute Gasteiger partial charge is 0.253 e. The number of imidazole rings is 1. The fourth-order valence-electron chi connectivity index (χ4n) is 3.79. The van der Waals surface area contributed by atoms with E-state index in [0.29, 0.717) is 21.9 Å². The zero-order chi connectivity index (χ0) is 23.5. The van der Waals surface area contributed by atoms with E-state index in [0.717, 1.165) is 22.5 Å². The summed E-state index contributed by atoms with van der Waals surface area (Å²) in [6.07, 6.45) is 7.07. The van der Waals surface area contributed by atoms with Gasteiger partial charge in [-0.05, 0) is 49.4 Å². The number of rotatable bonds is 7. The van der Waals surface area contributed by atoms with Gasteiger partial charge in [-0.15, -0.1) is 0 Å². The second-order valence-electron chi connectivity index (χ2n) is 7.92. The molecular formula is C26H22ClN5O2. The van der Waals surface area contributed by atoms with Crippen molar-refractivity contribution in [3.05, 3.63) is 112 Å². The van der Waals surface area contributed by atoms with Crippen LogP contribution in [0.2, 0.25) is 5.02 Å². The van der Waals surface area contributed by atoms with Crippen LogP contribution in [-0.2, 0) is 6.61 Å². The molecule has 0 radical (unpaired) electrons. The maximum atomic E-state index is 12.9. The fraction of sp³-hybridized carbons (Fsp3) is 0.115. The molecule has 0 aliphatic heterocycles. The van der Waals surface area contributed by atoms with Crippen LogP contribution in [0.25, 0.3) is 16.6 Å². The molecule has 0 amide bonds. The van der Waals surface area contributed by atoms with Crippen molar-refractivity contribution >= 4 is 28.2 Å². The van der Waals surface area contributed by atoms with Crippen molar-refractivity contribution in [2.24, 2.45) is 0 Å². The Kier molecular flexibility index (Phi) is 6.01. The molecule has 0 unspecified atom stereocenters. The summed E-state index contributed by atoms with van der Waals surface area (Å²) < 4.78 is 7.76. The molecule has 0 bridgehead atoms. The van der Waals surface area contributed by atoms with Crippen LogP contribution in [0.5, 0.6) is 5.75 Å².